The van der Waals surface area contributed by atoms with E-state index < -0.39 is 11.8 Å². The van der Waals surface area contributed by atoms with Crippen molar-refractivity contribution in [2.45, 2.75) is 37.8 Å². The molecule has 8 nitrogen and oxygen atoms in total. The average molecular weight is 495 g/mol. The van der Waals surface area contributed by atoms with Crippen LogP contribution in [0.5, 0.6) is 0 Å². The molecule has 0 unspecified atom stereocenters. The molecule has 2 amide bonds. The van der Waals surface area contributed by atoms with Gasteiger partial charge in [0.1, 0.15) is 4.83 Å². The zero-order chi connectivity index (χ0) is 23.7. The van der Waals surface area contributed by atoms with Crippen molar-refractivity contribution in [3.8, 4) is 5.69 Å². The van der Waals surface area contributed by atoms with Gasteiger partial charge in [-0.2, -0.15) is 0 Å². The first-order valence-corrected chi connectivity index (χ1v) is 12.7. The number of aryl methyl sites for hydroxylation is 3. The SMILES string of the molecule is Cc1ccc(-n2c(SCC(=O)NNC(=O)c3ccco3)nc3sc4c(c3c2=O)CCCC4)cc1. The Morgan fingerprint density at radius 1 is 1.15 bits per heavy atom. The van der Waals surface area contributed by atoms with Gasteiger partial charge < -0.3 is 4.42 Å². The van der Waals surface area contributed by atoms with E-state index in [2.05, 4.69) is 10.9 Å². The van der Waals surface area contributed by atoms with Gasteiger partial charge in [0.05, 0.1) is 23.1 Å². The minimum absolute atomic E-state index is 0.0344. The summed E-state index contributed by atoms with van der Waals surface area (Å²) in [5.74, 6) is -0.924. The second-order valence-electron chi connectivity index (χ2n) is 8.03. The maximum absolute atomic E-state index is 13.7. The molecule has 3 aromatic heterocycles. The number of carbonyl (C=O) groups excluding carboxylic acids is 2. The first kappa shape index (κ1) is 22.4. The summed E-state index contributed by atoms with van der Waals surface area (Å²) in [5.41, 5.74) is 7.48. The van der Waals surface area contributed by atoms with Gasteiger partial charge in [0, 0.05) is 4.88 Å². The summed E-state index contributed by atoms with van der Waals surface area (Å²) in [6, 6.07) is 10.7. The lowest BCUT2D eigenvalue weighted by molar-refractivity contribution is -0.119. The molecule has 0 atom stereocenters. The molecule has 174 valence electrons. The van der Waals surface area contributed by atoms with Crippen LogP contribution in [-0.2, 0) is 17.6 Å². The number of furan rings is 1. The zero-order valence-corrected chi connectivity index (χ0v) is 20.1. The summed E-state index contributed by atoms with van der Waals surface area (Å²) in [4.78, 5) is 44.8. The highest BCUT2D eigenvalue weighted by Crippen LogP contribution is 2.35. The van der Waals surface area contributed by atoms with Crippen LogP contribution in [0.3, 0.4) is 0 Å². The number of carbonyl (C=O) groups is 2. The largest absolute Gasteiger partial charge is 0.459 e. The van der Waals surface area contributed by atoms with Crippen molar-refractivity contribution in [3.05, 3.63) is 74.8 Å². The minimum atomic E-state index is -0.552. The minimum Gasteiger partial charge on any atom is -0.459 e. The van der Waals surface area contributed by atoms with Gasteiger partial charge in [-0.1, -0.05) is 29.5 Å². The van der Waals surface area contributed by atoms with E-state index in [1.54, 1.807) is 22.0 Å². The zero-order valence-electron chi connectivity index (χ0n) is 18.4. The van der Waals surface area contributed by atoms with Crippen LogP contribution in [0.4, 0.5) is 0 Å². The van der Waals surface area contributed by atoms with E-state index in [0.29, 0.717) is 21.1 Å². The van der Waals surface area contributed by atoms with Crippen molar-refractivity contribution in [2.75, 3.05) is 5.75 Å². The van der Waals surface area contributed by atoms with Crippen molar-refractivity contribution < 1.29 is 14.0 Å². The number of rotatable bonds is 5. The highest BCUT2D eigenvalue weighted by molar-refractivity contribution is 7.99. The quantitative estimate of drug-likeness (QED) is 0.248. The molecule has 5 rings (SSSR count). The Labute approximate surface area is 203 Å². The Morgan fingerprint density at radius 2 is 1.94 bits per heavy atom. The fourth-order valence-corrected chi connectivity index (χ4v) is 6.08. The van der Waals surface area contributed by atoms with Gasteiger partial charge in [-0.15, -0.1) is 11.3 Å². The van der Waals surface area contributed by atoms with Crippen LogP contribution in [0.1, 0.15) is 39.4 Å². The maximum Gasteiger partial charge on any atom is 0.305 e. The molecule has 10 heteroatoms. The van der Waals surface area contributed by atoms with E-state index in [-0.39, 0.29) is 17.1 Å². The summed E-state index contributed by atoms with van der Waals surface area (Å²) in [6.07, 6.45) is 5.44. The van der Waals surface area contributed by atoms with Gasteiger partial charge >= 0.3 is 5.91 Å². The van der Waals surface area contributed by atoms with Crippen molar-refractivity contribution in [2.24, 2.45) is 0 Å². The number of aromatic nitrogens is 2. The van der Waals surface area contributed by atoms with E-state index in [0.717, 1.165) is 48.6 Å². The van der Waals surface area contributed by atoms with Crippen LogP contribution in [0, 0.1) is 6.92 Å². The molecular formula is C24H22N4O4S2. The number of nitrogens with one attached hydrogen (secondary N) is 2. The lowest BCUT2D eigenvalue weighted by Gasteiger charge is -2.14. The van der Waals surface area contributed by atoms with Crippen molar-refractivity contribution >= 4 is 45.1 Å². The molecule has 3 heterocycles. The Morgan fingerprint density at radius 3 is 2.71 bits per heavy atom. The van der Waals surface area contributed by atoms with Gasteiger partial charge in [-0.05, 0) is 62.4 Å². The van der Waals surface area contributed by atoms with Crippen molar-refractivity contribution in [1.82, 2.24) is 20.4 Å². The summed E-state index contributed by atoms with van der Waals surface area (Å²) in [7, 11) is 0. The van der Waals surface area contributed by atoms with Crippen molar-refractivity contribution in [3.63, 3.8) is 0 Å². The molecule has 34 heavy (non-hydrogen) atoms. The van der Waals surface area contributed by atoms with E-state index in [1.807, 2.05) is 31.2 Å². The molecule has 4 aromatic rings. The number of hydrogen-bond acceptors (Lipinski definition) is 7. The number of nitrogens with zero attached hydrogens (tertiary/aromatic N) is 2. The van der Waals surface area contributed by atoms with Crippen LogP contribution < -0.4 is 16.4 Å². The van der Waals surface area contributed by atoms with Gasteiger partial charge in [0.15, 0.2) is 10.9 Å². The van der Waals surface area contributed by atoms with Crippen LogP contribution in [0.15, 0.2) is 57.0 Å². The molecule has 0 radical (unpaired) electrons. The maximum atomic E-state index is 13.7. The highest BCUT2D eigenvalue weighted by Gasteiger charge is 2.23. The Balaban J connectivity index is 1.44. The first-order valence-electron chi connectivity index (χ1n) is 10.9. The molecule has 0 aliphatic heterocycles. The Bertz CT molecular complexity index is 1420. The topological polar surface area (TPSA) is 106 Å². The van der Waals surface area contributed by atoms with E-state index in [4.69, 9.17) is 9.40 Å². The number of hydrogen-bond donors (Lipinski definition) is 2. The Hall–Kier alpha value is -3.37. The van der Waals surface area contributed by atoms with Gasteiger partial charge in [0.25, 0.3) is 5.56 Å². The predicted molar refractivity (Wildman–Crippen MR) is 132 cm³/mol. The smallest absolute Gasteiger partial charge is 0.305 e. The third kappa shape index (κ3) is 4.38. The summed E-state index contributed by atoms with van der Waals surface area (Å²) < 4.78 is 6.59. The Kier molecular flexibility index (Phi) is 6.25. The normalized spacial score (nSPS) is 13.0. The van der Waals surface area contributed by atoms with Crippen LogP contribution in [0.25, 0.3) is 15.9 Å². The van der Waals surface area contributed by atoms with Crippen molar-refractivity contribution in [1.29, 1.82) is 0 Å². The number of amides is 2. The third-order valence-corrected chi connectivity index (χ3v) is 7.77. The number of thioether (sulfide) groups is 1. The monoisotopic (exact) mass is 494 g/mol. The molecule has 0 spiro atoms. The molecule has 2 N–H and O–H groups in total. The van der Waals surface area contributed by atoms with Crippen LogP contribution in [0.2, 0.25) is 0 Å². The molecule has 1 aliphatic carbocycles. The lowest BCUT2D eigenvalue weighted by Crippen LogP contribution is -2.42. The molecule has 0 bridgehead atoms. The summed E-state index contributed by atoms with van der Waals surface area (Å²) >= 11 is 2.73. The van der Waals surface area contributed by atoms with Crippen LogP contribution in [-0.4, -0.2) is 27.1 Å². The number of benzene rings is 1. The highest BCUT2D eigenvalue weighted by atomic mass is 32.2. The molecule has 1 aromatic carbocycles. The first-order chi connectivity index (χ1) is 16.5. The summed E-state index contributed by atoms with van der Waals surface area (Å²) in [6.45, 7) is 1.99. The number of fused-ring (bicyclic) bond motifs is 3. The van der Waals surface area contributed by atoms with E-state index in [1.165, 1.54) is 17.2 Å². The second kappa shape index (κ2) is 9.47. The number of hydrazine groups is 1. The second-order valence-corrected chi connectivity index (χ2v) is 10.1. The lowest BCUT2D eigenvalue weighted by atomic mass is 9.97. The van der Waals surface area contributed by atoms with E-state index >= 15 is 0 Å². The van der Waals surface area contributed by atoms with Crippen LogP contribution >= 0.6 is 23.1 Å². The predicted octanol–water partition coefficient (Wildman–Crippen LogP) is 3.78. The molecule has 1 aliphatic rings. The average Bonchev–Trinajstić information content (AvgIpc) is 3.50. The standard InChI is InChI=1S/C24H22N4O4S2/c1-14-8-10-15(11-9-14)28-23(31)20-16-5-2-3-7-18(16)34-22(20)25-24(28)33-13-19(29)26-27-21(30)17-6-4-12-32-17/h4,6,8-12H,2-3,5,7,13H2,1H3,(H,26,29)(H,27,30). The fourth-order valence-electron chi connectivity index (χ4n) is 3.97. The third-order valence-electron chi connectivity index (χ3n) is 5.64. The van der Waals surface area contributed by atoms with Gasteiger partial charge in [0.2, 0.25) is 5.91 Å². The van der Waals surface area contributed by atoms with Gasteiger partial charge in [-0.25, -0.2) is 4.98 Å². The van der Waals surface area contributed by atoms with Gasteiger partial charge in [-0.3, -0.25) is 29.8 Å². The molecule has 0 saturated heterocycles. The molecular weight excluding hydrogens is 472 g/mol. The summed E-state index contributed by atoms with van der Waals surface area (Å²) in [5, 5.41) is 1.13. The van der Waals surface area contributed by atoms with E-state index in [9.17, 15) is 14.4 Å². The number of thiophene rings is 1. The molecule has 0 saturated carbocycles. The molecule has 0 fully saturated rings. The fraction of sp³-hybridized carbons (Fsp3) is 0.250.